The molecule has 2 aromatic rings. The minimum atomic E-state index is 1.06. The first-order valence-corrected chi connectivity index (χ1v) is 7.54. The van der Waals surface area contributed by atoms with Gasteiger partial charge in [0.1, 0.15) is 0 Å². The van der Waals surface area contributed by atoms with Gasteiger partial charge in [-0.05, 0) is 49.1 Å². The summed E-state index contributed by atoms with van der Waals surface area (Å²) in [7, 11) is 0. The Morgan fingerprint density at radius 2 is 1.95 bits per heavy atom. The monoisotopic (exact) mass is 272 g/mol. The zero-order valence-electron chi connectivity index (χ0n) is 11.5. The topological polar surface area (TPSA) is 24.9 Å². The van der Waals surface area contributed by atoms with Crippen LogP contribution in [0.25, 0.3) is 11.1 Å². The molecule has 0 aliphatic carbocycles. The van der Waals surface area contributed by atoms with Gasteiger partial charge in [-0.1, -0.05) is 31.5 Å². The molecule has 1 N–H and O–H groups in total. The fourth-order valence-corrected chi connectivity index (χ4v) is 2.56. The number of nitrogens with one attached hydrogen (secondary N) is 1. The zero-order chi connectivity index (χ0) is 13.5. The molecule has 1 heterocycles. The van der Waals surface area contributed by atoms with Crippen molar-refractivity contribution in [2.24, 2.45) is 0 Å². The predicted octanol–water partition coefficient (Wildman–Crippen LogP) is 4.45. The van der Waals surface area contributed by atoms with E-state index in [-0.39, 0.29) is 0 Å². The maximum Gasteiger partial charge on any atom is 0.0450 e. The lowest BCUT2D eigenvalue weighted by atomic mass is 10.1. The summed E-state index contributed by atoms with van der Waals surface area (Å²) in [4.78, 5) is 5.58. The summed E-state index contributed by atoms with van der Waals surface area (Å²) in [5.74, 6) is 0. The highest BCUT2D eigenvalue weighted by Gasteiger charge is 2.02. The lowest BCUT2D eigenvalue weighted by Gasteiger charge is -2.07. The van der Waals surface area contributed by atoms with E-state index < -0.39 is 0 Å². The molecule has 100 valence electrons. The van der Waals surface area contributed by atoms with Gasteiger partial charge in [-0.25, -0.2) is 0 Å². The van der Waals surface area contributed by atoms with Crippen LogP contribution in [0.2, 0.25) is 0 Å². The van der Waals surface area contributed by atoms with Crippen molar-refractivity contribution in [1.82, 2.24) is 9.71 Å². The average molecular weight is 272 g/mol. The summed E-state index contributed by atoms with van der Waals surface area (Å²) in [5.41, 5.74) is 3.51. The van der Waals surface area contributed by atoms with E-state index in [4.69, 9.17) is 0 Å². The van der Waals surface area contributed by atoms with Crippen LogP contribution < -0.4 is 4.72 Å². The minimum absolute atomic E-state index is 1.06. The molecular formula is C16H20N2S. The molecule has 0 spiro atoms. The van der Waals surface area contributed by atoms with Gasteiger partial charge in [0, 0.05) is 28.9 Å². The van der Waals surface area contributed by atoms with Gasteiger partial charge in [-0.15, -0.1) is 0 Å². The Labute approximate surface area is 119 Å². The molecule has 0 atom stereocenters. The predicted molar refractivity (Wildman–Crippen MR) is 83.2 cm³/mol. The van der Waals surface area contributed by atoms with Crippen molar-refractivity contribution >= 4 is 11.9 Å². The lowest BCUT2D eigenvalue weighted by molar-refractivity contribution is 0.776. The number of hydrogen-bond donors (Lipinski definition) is 1. The van der Waals surface area contributed by atoms with E-state index in [0.717, 1.165) is 12.2 Å². The second-order valence-electron chi connectivity index (χ2n) is 4.51. The van der Waals surface area contributed by atoms with Crippen molar-refractivity contribution in [3.05, 3.63) is 48.3 Å². The van der Waals surface area contributed by atoms with Crippen LogP contribution in [0.3, 0.4) is 0 Å². The molecule has 0 unspecified atom stereocenters. The average Bonchev–Trinajstić information content (AvgIpc) is 2.45. The summed E-state index contributed by atoms with van der Waals surface area (Å²) in [6.45, 7) is 5.31. The molecule has 1 aromatic heterocycles. The van der Waals surface area contributed by atoms with Crippen LogP contribution in [-0.2, 0) is 0 Å². The number of aryl methyl sites for hydroxylation is 1. The van der Waals surface area contributed by atoms with Crippen molar-refractivity contribution in [2.75, 3.05) is 6.54 Å². The van der Waals surface area contributed by atoms with Crippen molar-refractivity contribution in [1.29, 1.82) is 0 Å². The Hall–Kier alpha value is -1.32. The molecule has 0 saturated carbocycles. The molecule has 1 aromatic carbocycles. The molecule has 19 heavy (non-hydrogen) atoms. The fraction of sp³-hybridized carbons (Fsp3) is 0.312. The Kier molecular flexibility index (Phi) is 5.43. The summed E-state index contributed by atoms with van der Waals surface area (Å²) in [6, 6.07) is 12.7. The summed E-state index contributed by atoms with van der Waals surface area (Å²) in [6.07, 6.45) is 4.29. The third-order valence-corrected chi connectivity index (χ3v) is 3.85. The van der Waals surface area contributed by atoms with E-state index in [1.165, 1.54) is 28.9 Å². The second-order valence-corrected chi connectivity index (χ2v) is 5.47. The van der Waals surface area contributed by atoms with Gasteiger partial charge in [0.05, 0.1) is 0 Å². The Balaban J connectivity index is 2.01. The van der Waals surface area contributed by atoms with Gasteiger partial charge in [-0.2, -0.15) is 0 Å². The maximum absolute atomic E-state index is 4.33. The quantitative estimate of drug-likeness (QED) is 0.621. The van der Waals surface area contributed by atoms with E-state index in [0.29, 0.717) is 0 Å². The van der Waals surface area contributed by atoms with Crippen molar-refractivity contribution < 1.29 is 0 Å². The van der Waals surface area contributed by atoms with Crippen LogP contribution in [0.5, 0.6) is 0 Å². The van der Waals surface area contributed by atoms with Crippen LogP contribution in [0, 0.1) is 6.92 Å². The molecule has 3 heteroatoms. The van der Waals surface area contributed by atoms with Gasteiger partial charge in [-0.3, -0.25) is 9.71 Å². The number of hydrogen-bond acceptors (Lipinski definition) is 3. The van der Waals surface area contributed by atoms with Gasteiger partial charge in [0.2, 0.25) is 0 Å². The molecule has 0 aliphatic heterocycles. The highest BCUT2D eigenvalue weighted by Crippen LogP contribution is 2.24. The van der Waals surface area contributed by atoms with E-state index in [9.17, 15) is 0 Å². The highest BCUT2D eigenvalue weighted by atomic mass is 32.2. The lowest BCUT2D eigenvalue weighted by Crippen LogP contribution is -2.04. The second kappa shape index (κ2) is 7.31. The Morgan fingerprint density at radius 1 is 1.16 bits per heavy atom. The van der Waals surface area contributed by atoms with Crippen molar-refractivity contribution in [3.63, 3.8) is 0 Å². The van der Waals surface area contributed by atoms with Crippen LogP contribution in [0.4, 0.5) is 0 Å². The molecule has 0 radical (unpaired) electrons. The van der Waals surface area contributed by atoms with E-state index in [1.807, 2.05) is 19.2 Å². The largest absolute Gasteiger partial charge is 0.261 e. The standard InChI is InChI=1S/C16H20N2S/c1-3-4-12-18-19-15-9-7-14(8-10-15)16-6-5-11-17-13(16)2/h5-11,18H,3-4,12H2,1-2H3. The molecule has 0 amide bonds. The number of aromatic nitrogens is 1. The first kappa shape index (κ1) is 14.1. The SMILES string of the molecule is CCCCNSc1ccc(-c2cccnc2C)cc1. The number of unbranched alkanes of at least 4 members (excludes halogenated alkanes) is 1. The number of nitrogens with zero attached hydrogens (tertiary/aromatic N) is 1. The van der Waals surface area contributed by atoms with Gasteiger partial charge in [0.15, 0.2) is 0 Å². The summed E-state index contributed by atoms with van der Waals surface area (Å²) < 4.78 is 3.38. The molecule has 0 bridgehead atoms. The smallest absolute Gasteiger partial charge is 0.0450 e. The van der Waals surface area contributed by atoms with E-state index in [2.05, 4.69) is 47.0 Å². The molecule has 0 aliphatic rings. The van der Waals surface area contributed by atoms with E-state index >= 15 is 0 Å². The first-order valence-electron chi connectivity index (χ1n) is 6.73. The van der Waals surface area contributed by atoms with Crippen LogP contribution in [0.1, 0.15) is 25.5 Å². The third-order valence-electron chi connectivity index (χ3n) is 2.99. The number of pyridine rings is 1. The zero-order valence-corrected chi connectivity index (χ0v) is 12.3. The van der Waals surface area contributed by atoms with Crippen LogP contribution in [0.15, 0.2) is 47.5 Å². The van der Waals surface area contributed by atoms with Crippen molar-refractivity contribution in [2.45, 2.75) is 31.6 Å². The highest BCUT2D eigenvalue weighted by molar-refractivity contribution is 7.97. The summed E-state index contributed by atoms with van der Waals surface area (Å²) >= 11 is 1.70. The third kappa shape index (κ3) is 4.08. The Bertz CT molecular complexity index is 508. The van der Waals surface area contributed by atoms with Gasteiger partial charge >= 0.3 is 0 Å². The molecular weight excluding hydrogens is 252 g/mol. The van der Waals surface area contributed by atoms with Crippen LogP contribution >= 0.6 is 11.9 Å². The number of rotatable bonds is 6. The van der Waals surface area contributed by atoms with Gasteiger partial charge < -0.3 is 0 Å². The molecule has 0 saturated heterocycles. The first-order chi connectivity index (χ1) is 9.31. The maximum atomic E-state index is 4.33. The van der Waals surface area contributed by atoms with Crippen LogP contribution in [-0.4, -0.2) is 11.5 Å². The Morgan fingerprint density at radius 3 is 2.63 bits per heavy atom. The minimum Gasteiger partial charge on any atom is -0.261 e. The molecule has 2 nitrogen and oxygen atoms in total. The van der Waals surface area contributed by atoms with Gasteiger partial charge in [0.25, 0.3) is 0 Å². The number of benzene rings is 1. The normalized spacial score (nSPS) is 10.6. The summed E-state index contributed by atoms with van der Waals surface area (Å²) in [5, 5.41) is 0. The van der Waals surface area contributed by atoms with E-state index in [1.54, 1.807) is 11.9 Å². The molecule has 0 fully saturated rings. The van der Waals surface area contributed by atoms with Crippen molar-refractivity contribution in [3.8, 4) is 11.1 Å². The fourth-order valence-electron chi connectivity index (χ4n) is 1.88. The molecule has 2 rings (SSSR count).